The van der Waals surface area contributed by atoms with Crippen molar-refractivity contribution in [3.05, 3.63) is 0 Å². The SMILES string of the molecule is CCCNC1=N[C@@H]2[C@@H](OC(C)=O)[C@H](C)[C@@H](CC)O[C@@H]2S1. The Morgan fingerprint density at radius 1 is 1.50 bits per heavy atom. The van der Waals surface area contributed by atoms with E-state index in [0.717, 1.165) is 24.6 Å². The Hall–Kier alpha value is -0.750. The van der Waals surface area contributed by atoms with E-state index in [1.54, 1.807) is 11.8 Å². The van der Waals surface area contributed by atoms with Crippen LogP contribution >= 0.6 is 11.8 Å². The van der Waals surface area contributed by atoms with Gasteiger partial charge in [-0.15, -0.1) is 0 Å². The van der Waals surface area contributed by atoms with Gasteiger partial charge in [-0.25, -0.2) is 0 Å². The lowest BCUT2D eigenvalue weighted by atomic mass is 9.88. The van der Waals surface area contributed by atoms with Crippen molar-refractivity contribution in [1.82, 2.24) is 5.32 Å². The molecule has 114 valence electrons. The number of fused-ring (bicyclic) bond motifs is 1. The number of hydrogen-bond donors (Lipinski definition) is 1. The summed E-state index contributed by atoms with van der Waals surface area (Å²) in [6.45, 7) is 8.66. The van der Waals surface area contributed by atoms with Gasteiger partial charge in [-0.3, -0.25) is 9.79 Å². The summed E-state index contributed by atoms with van der Waals surface area (Å²) in [5, 5.41) is 4.21. The predicted octanol–water partition coefficient (Wildman–Crippen LogP) is 2.16. The van der Waals surface area contributed by atoms with Crippen molar-refractivity contribution in [3.63, 3.8) is 0 Å². The number of hydrogen-bond acceptors (Lipinski definition) is 6. The first kappa shape index (κ1) is 15.6. The molecule has 5 atom stereocenters. The van der Waals surface area contributed by atoms with Gasteiger partial charge in [0.05, 0.1) is 6.10 Å². The number of aliphatic imine (C=N–C) groups is 1. The standard InChI is InChI=1S/C14H24N2O3S/c1-5-7-15-14-16-11-12(18-9(4)17)8(3)10(6-2)19-13(11)20-14/h8,10-13H,5-7H2,1-4H3,(H,15,16)/t8-,10-,11-,12+,13-/m1/s1. The Bertz CT molecular complexity index is 389. The van der Waals surface area contributed by atoms with Crippen molar-refractivity contribution in [1.29, 1.82) is 0 Å². The van der Waals surface area contributed by atoms with Crippen LogP contribution in [-0.2, 0) is 14.3 Å². The van der Waals surface area contributed by atoms with Gasteiger partial charge in [0, 0.05) is 19.4 Å². The van der Waals surface area contributed by atoms with Crippen LogP contribution < -0.4 is 5.32 Å². The van der Waals surface area contributed by atoms with Crippen LogP contribution in [0.1, 0.15) is 40.5 Å². The lowest BCUT2D eigenvalue weighted by Crippen LogP contribution is -2.51. The molecule has 1 fully saturated rings. The summed E-state index contributed by atoms with van der Waals surface area (Å²) in [7, 11) is 0. The molecule has 1 N–H and O–H groups in total. The van der Waals surface area contributed by atoms with E-state index < -0.39 is 0 Å². The quantitative estimate of drug-likeness (QED) is 0.806. The summed E-state index contributed by atoms with van der Waals surface area (Å²) < 4.78 is 11.6. The first-order valence-electron chi connectivity index (χ1n) is 7.37. The Labute approximate surface area is 124 Å². The minimum atomic E-state index is -0.243. The normalized spacial score (nSPS) is 36.2. The Morgan fingerprint density at radius 2 is 2.25 bits per heavy atom. The van der Waals surface area contributed by atoms with E-state index >= 15 is 0 Å². The summed E-state index contributed by atoms with van der Waals surface area (Å²) >= 11 is 1.61. The molecular weight excluding hydrogens is 276 g/mol. The van der Waals surface area contributed by atoms with E-state index in [-0.39, 0.29) is 35.6 Å². The van der Waals surface area contributed by atoms with E-state index in [1.807, 2.05) is 0 Å². The summed E-state index contributed by atoms with van der Waals surface area (Å²) in [6, 6.07) is -0.0962. The number of nitrogens with zero attached hydrogens (tertiary/aromatic N) is 1. The fourth-order valence-corrected chi connectivity index (χ4v) is 3.86. The first-order valence-corrected chi connectivity index (χ1v) is 8.25. The van der Waals surface area contributed by atoms with E-state index in [9.17, 15) is 4.79 Å². The maximum absolute atomic E-state index is 11.4. The number of esters is 1. The van der Waals surface area contributed by atoms with Crippen LogP contribution in [0.3, 0.4) is 0 Å². The van der Waals surface area contributed by atoms with Crippen molar-refractivity contribution in [2.45, 2.75) is 64.2 Å². The minimum Gasteiger partial charge on any atom is -0.460 e. The lowest BCUT2D eigenvalue weighted by molar-refractivity contribution is -0.166. The zero-order chi connectivity index (χ0) is 14.7. The maximum atomic E-state index is 11.4. The number of amidine groups is 1. The van der Waals surface area contributed by atoms with Crippen molar-refractivity contribution < 1.29 is 14.3 Å². The minimum absolute atomic E-state index is 0.0418. The highest BCUT2D eigenvalue weighted by molar-refractivity contribution is 8.14. The van der Waals surface area contributed by atoms with Crippen LogP contribution in [0.25, 0.3) is 0 Å². The molecule has 6 heteroatoms. The van der Waals surface area contributed by atoms with Gasteiger partial charge in [-0.1, -0.05) is 32.5 Å². The molecule has 0 unspecified atom stereocenters. The fraction of sp³-hybridized carbons (Fsp3) is 0.857. The summed E-state index contributed by atoms with van der Waals surface area (Å²) in [5.41, 5.74) is -0.0418. The van der Waals surface area contributed by atoms with E-state index in [0.29, 0.717) is 0 Å². The summed E-state index contributed by atoms with van der Waals surface area (Å²) in [5.74, 6) is -0.0763. The van der Waals surface area contributed by atoms with Crippen LogP contribution in [0.5, 0.6) is 0 Å². The van der Waals surface area contributed by atoms with Crippen molar-refractivity contribution >= 4 is 22.9 Å². The van der Waals surface area contributed by atoms with Gasteiger partial charge in [-0.05, 0) is 12.8 Å². The van der Waals surface area contributed by atoms with Gasteiger partial charge in [-0.2, -0.15) is 0 Å². The number of carbonyl (C=O) groups excluding carboxylic acids is 1. The summed E-state index contributed by atoms with van der Waals surface area (Å²) in [4.78, 5) is 16.0. The van der Waals surface area contributed by atoms with Crippen molar-refractivity contribution in [2.24, 2.45) is 10.9 Å². The third kappa shape index (κ3) is 3.28. The first-order chi connectivity index (χ1) is 9.56. The molecule has 0 radical (unpaired) electrons. The van der Waals surface area contributed by atoms with Gasteiger partial charge in [0.2, 0.25) is 0 Å². The fourth-order valence-electron chi connectivity index (χ4n) is 2.72. The van der Waals surface area contributed by atoms with Gasteiger partial charge >= 0.3 is 5.97 Å². The average molecular weight is 300 g/mol. The Balaban J connectivity index is 2.12. The number of ether oxygens (including phenoxy) is 2. The molecule has 2 heterocycles. The highest BCUT2D eigenvalue weighted by Crippen LogP contribution is 2.40. The molecule has 5 nitrogen and oxygen atoms in total. The molecule has 1 saturated heterocycles. The topological polar surface area (TPSA) is 59.9 Å². The van der Waals surface area contributed by atoms with E-state index in [1.165, 1.54) is 6.92 Å². The van der Waals surface area contributed by atoms with Crippen molar-refractivity contribution in [3.8, 4) is 0 Å². The van der Waals surface area contributed by atoms with E-state index in [4.69, 9.17) is 9.47 Å². The number of thioether (sulfide) groups is 1. The molecule has 2 rings (SSSR count). The molecule has 0 bridgehead atoms. The van der Waals surface area contributed by atoms with Crippen LogP contribution in [0.4, 0.5) is 0 Å². The highest BCUT2D eigenvalue weighted by Gasteiger charge is 2.48. The molecule has 0 aromatic heterocycles. The third-order valence-electron chi connectivity index (χ3n) is 3.75. The molecule has 0 aromatic carbocycles. The molecular formula is C14H24N2O3S. The van der Waals surface area contributed by atoms with Crippen molar-refractivity contribution in [2.75, 3.05) is 6.54 Å². The number of carbonyl (C=O) groups is 1. The van der Waals surface area contributed by atoms with E-state index in [2.05, 4.69) is 31.1 Å². The average Bonchev–Trinajstić information content (AvgIpc) is 2.81. The molecule has 0 aromatic rings. The molecule has 0 aliphatic carbocycles. The predicted molar refractivity (Wildman–Crippen MR) is 80.8 cm³/mol. The lowest BCUT2D eigenvalue weighted by Gasteiger charge is -2.40. The van der Waals surface area contributed by atoms with Crippen LogP contribution in [0.15, 0.2) is 4.99 Å². The molecule has 0 amide bonds. The van der Waals surface area contributed by atoms with Gasteiger partial charge in [0.15, 0.2) is 5.17 Å². The maximum Gasteiger partial charge on any atom is 0.302 e. The molecule has 20 heavy (non-hydrogen) atoms. The zero-order valence-electron chi connectivity index (χ0n) is 12.6. The van der Waals surface area contributed by atoms with Crippen LogP contribution in [0, 0.1) is 5.92 Å². The largest absolute Gasteiger partial charge is 0.460 e. The molecule has 0 saturated carbocycles. The third-order valence-corrected chi connectivity index (χ3v) is 4.85. The molecule has 2 aliphatic rings. The second kappa shape index (κ2) is 6.80. The summed E-state index contributed by atoms with van der Waals surface area (Å²) in [6.07, 6.45) is 1.90. The Kier molecular flexibility index (Phi) is 5.32. The van der Waals surface area contributed by atoms with Gasteiger partial charge in [0.1, 0.15) is 17.6 Å². The molecule has 0 spiro atoms. The highest BCUT2D eigenvalue weighted by atomic mass is 32.2. The van der Waals surface area contributed by atoms with Crippen LogP contribution in [0.2, 0.25) is 0 Å². The second-order valence-corrected chi connectivity index (χ2v) is 6.44. The number of nitrogens with one attached hydrogen (secondary N) is 1. The second-order valence-electron chi connectivity index (χ2n) is 5.35. The zero-order valence-corrected chi connectivity index (χ0v) is 13.4. The van der Waals surface area contributed by atoms with Gasteiger partial charge < -0.3 is 14.8 Å². The van der Waals surface area contributed by atoms with Crippen LogP contribution in [-0.4, -0.2) is 41.4 Å². The molecule has 2 aliphatic heterocycles. The smallest absolute Gasteiger partial charge is 0.302 e. The van der Waals surface area contributed by atoms with Gasteiger partial charge in [0.25, 0.3) is 0 Å². The monoisotopic (exact) mass is 300 g/mol. The number of rotatable bonds is 4. The Morgan fingerprint density at radius 3 is 2.85 bits per heavy atom.